The number of pyridine rings is 1. The molecule has 0 bridgehead atoms. The molecule has 0 radical (unpaired) electrons. The van der Waals surface area contributed by atoms with E-state index in [0.29, 0.717) is 39.0 Å². The van der Waals surface area contributed by atoms with Crippen LogP contribution in [-0.4, -0.2) is 46.8 Å². The zero-order chi connectivity index (χ0) is 21.5. The van der Waals surface area contributed by atoms with Crippen molar-refractivity contribution in [2.75, 3.05) is 19.6 Å². The Balaban J connectivity index is 1.41. The van der Waals surface area contributed by atoms with Gasteiger partial charge in [-0.25, -0.2) is 0 Å². The van der Waals surface area contributed by atoms with Crippen molar-refractivity contribution in [1.29, 1.82) is 0 Å². The van der Waals surface area contributed by atoms with Gasteiger partial charge in [0.25, 0.3) is 11.5 Å². The van der Waals surface area contributed by atoms with Gasteiger partial charge >= 0.3 is 11.8 Å². The number of hydrogen-bond acceptors (Lipinski definition) is 4. The summed E-state index contributed by atoms with van der Waals surface area (Å²) in [4.78, 5) is 50.4. The molecule has 30 heavy (non-hydrogen) atoms. The maximum atomic E-state index is 12.6. The predicted molar refractivity (Wildman–Crippen MR) is 112 cm³/mol. The number of benzene rings is 1. The SMILES string of the molecule is Cn1cccc(C(=O)N2CCC(CNC(=O)C(=O)NCc3ccccc3)CC2)c1=O. The van der Waals surface area contributed by atoms with E-state index in [4.69, 9.17) is 0 Å². The Bertz CT molecular complexity index is 963. The number of hydrogen-bond donors (Lipinski definition) is 2. The fourth-order valence-corrected chi connectivity index (χ4v) is 3.45. The molecule has 2 N–H and O–H groups in total. The lowest BCUT2D eigenvalue weighted by Crippen LogP contribution is -2.45. The molecule has 158 valence electrons. The van der Waals surface area contributed by atoms with Gasteiger partial charge in [0.15, 0.2) is 0 Å². The van der Waals surface area contributed by atoms with E-state index in [2.05, 4.69) is 10.6 Å². The number of piperidine rings is 1. The maximum Gasteiger partial charge on any atom is 0.309 e. The van der Waals surface area contributed by atoms with Crippen LogP contribution < -0.4 is 16.2 Å². The number of rotatable bonds is 5. The largest absolute Gasteiger partial charge is 0.348 e. The van der Waals surface area contributed by atoms with Gasteiger partial charge in [-0.05, 0) is 36.5 Å². The van der Waals surface area contributed by atoms with Crippen molar-refractivity contribution in [3.8, 4) is 0 Å². The molecule has 1 aromatic carbocycles. The first-order valence-electron chi connectivity index (χ1n) is 10.0. The highest BCUT2D eigenvalue weighted by molar-refractivity contribution is 6.35. The van der Waals surface area contributed by atoms with Crippen LogP contribution in [0, 0.1) is 5.92 Å². The fraction of sp³-hybridized carbons (Fsp3) is 0.364. The molecule has 1 fully saturated rings. The molecular weight excluding hydrogens is 384 g/mol. The Morgan fingerprint density at radius 3 is 2.33 bits per heavy atom. The number of nitrogens with one attached hydrogen (secondary N) is 2. The van der Waals surface area contributed by atoms with Crippen LogP contribution in [0.2, 0.25) is 0 Å². The molecule has 8 nitrogen and oxygen atoms in total. The highest BCUT2D eigenvalue weighted by atomic mass is 16.2. The summed E-state index contributed by atoms with van der Waals surface area (Å²) in [6, 6.07) is 12.6. The summed E-state index contributed by atoms with van der Waals surface area (Å²) in [5.74, 6) is -1.40. The minimum absolute atomic E-state index is 0.168. The van der Waals surface area contributed by atoms with Gasteiger partial charge in [0.2, 0.25) is 0 Å². The van der Waals surface area contributed by atoms with Crippen molar-refractivity contribution >= 4 is 17.7 Å². The highest BCUT2D eigenvalue weighted by Gasteiger charge is 2.26. The van der Waals surface area contributed by atoms with Gasteiger partial charge in [-0.1, -0.05) is 30.3 Å². The van der Waals surface area contributed by atoms with E-state index >= 15 is 0 Å². The molecule has 8 heteroatoms. The van der Waals surface area contributed by atoms with E-state index in [9.17, 15) is 19.2 Å². The van der Waals surface area contributed by atoms with Crippen molar-refractivity contribution in [1.82, 2.24) is 20.1 Å². The van der Waals surface area contributed by atoms with Crippen LogP contribution in [0.3, 0.4) is 0 Å². The Morgan fingerprint density at radius 2 is 1.63 bits per heavy atom. The summed E-state index contributed by atoms with van der Waals surface area (Å²) >= 11 is 0. The van der Waals surface area contributed by atoms with Crippen LogP contribution in [0.4, 0.5) is 0 Å². The fourth-order valence-electron chi connectivity index (χ4n) is 3.45. The first-order chi connectivity index (χ1) is 14.5. The average molecular weight is 410 g/mol. The zero-order valence-corrected chi connectivity index (χ0v) is 17.0. The standard InChI is InChI=1S/C22H26N4O4/c1-25-11-5-8-18(21(25)29)22(30)26-12-9-17(10-13-26)15-24-20(28)19(27)23-14-16-6-3-2-4-7-16/h2-8,11,17H,9-10,12-15H2,1H3,(H,23,27)(H,24,28). The summed E-state index contributed by atoms with van der Waals surface area (Å²) in [7, 11) is 1.62. The van der Waals surface area contributed by atoms with Gasteiger partial charge in [-0.15, -0.1) is 0 Å². The van der Waals surface area contributed by atoms with Crippen LogP contribution in [-0.2, 0) is 23.2 Å². The second-order valence-electron chi connectivity index (χ2n) is 7.45. The first kappa shape index (κ1) is 21.3. The van der Waals surface area contributed by atoms with E-state index in [1.165, 1.54) is 4.57 Å². The van der Waals surface area contributed by atoms with Crippen LogP contribution in [0.25, 0.3) is 0 Å². The van der Waals surface area contributed by atoms with E-state index in [1.54, 1.807) is 30.3 Å². The number of aryl methyl sites for hydroxylation is 1. The highest BCUT2D eigenvalue weighted by Crippen LogP contribution is 2.17. The van der Waals surface area contributed by atoms with Crippen LogP contribution in [0.5, 0.6) is 0 Å². The van der Waals surface area contributed by atoms with E-state index < -0.39 is 11.8 Å². The summed E-state index contributed by atoms with van der Waals surface area (Å²) < 4.78 is 1.39. The zero-order valence-electron chi connectivity index (χ0n) is 17.0. The quantitative estimate of drug-likeness (QED) is 0.708. The normalized spacial score (nSPS) is 14.2. The van der Waals surface area contributed by atoms with Crippen LogP contribution >= 0.6 is 0 Å². The number of amides is 3. The molecule has 1 aliphatic heterocycles. The second-order valence-corrected chi connectivity index (χ2v) is 7.45. The summed E-state index contributed by atoms with van der Waals surface area (Å²) in [5, 5.41) is 5.27. The molecule has 0 aliphatic carbocycles. The van der Waals surface area contributed by atoms with Crippen molar-refractivity contribution in [2.45, 2.75) is 19.4 Å². The average Bonchev–Trinajstić information content (AvgIpc) is 2.78. The van der Waals surface area contributed by atoms with Crippen molar-refractivity contribution in [3.05, 3.63) is 70.1 Å². The molecule has 2 aromatic rings. The number of carbonyl (C=O) groups excluding carboxylic acids is 3. The molecule has 1 aromatic heterocycles. The first-order valence-corrected chi connectivity index (χ1v) is 10.0. The lowest BCUT2D eigenvalue weighted by atomic mass is 9.96. The third-order valence-corrected chi connectivity index (χ3v) is 5.31. The Hall–Kier alpha value is -3.42. The summed E-state index contributed by atoms with van der Waals surface area (Å²) in [5.41, 5.74) is 0.782. The van der Waals surface area contributed by atoms with E-state index in [1.807, 2.05) is 30.3 Å². The minimum Gasteiger partial charge on any atom is -0.348 e. The number of aromatic nitrogens is 1. The van der Waals surface area contributed by atoms with Crippen molar-refractivity contribution in [3.63, 3.8) is 0 Å². The molecular formula is C22H26N4O4. The number of carbonyl (C=O) groups is 3. The third-order valence-electron chi connectivity index (χ3n) is 5.31. The van der Waals surface area contributed by atoms with Gasteiger partial charge < -0.3 is 20.1 Å². The number of nitrogens with zero attached hydrogens (tertiary/aromatic N) is 2. The lowest BCUT2D eigenvalue weighted by Gasteiger charge is -2.32. The molecule has 0 unspecified atom stereocenters. The molecule has 2 heterocycles. The monoisotopic (exact) mass is 410 g/mol. The van der Waals surface area contributed by atoms with Gasteiger partial charge in [0.05, 0.1) is 0 Å². The molecule has 3 rings (SSSR count). The summed E-state index contributed by atoms with van der Waals surface area (Å²) in [6.45, 7) is 1.70. The molecule has 1 aliphatic rings. The van der Waals surface area contributed by atoms with Gasteiger partial charge in [0.1, 0.15) is 5.56 Å². The van der Waals surface area contributed by atoms with Crippen molar-refractivity contribution < 1.29 is 14.4 Å². The van der Waals surface area contributed by atoms with Gasteiger partial charge in [0, 0.05) is 39.4 Å². The summed E-state index contributed by atoms with van der Waals surface area (Å²) in [6.07, 6.45) is 3.01. The van der Waals surface area contributed by atoms with E-state index in [-0.39, 0.29) is 22.9 Å². The Labute approximate surface area is 174 Å². The van der Waals surface area contributed by atoms with Crippen molar-refractivity contribution in [2.24, 2.45) is 13.0 Å². The van der Waals surface area contributed by atoms with Crippen LogP contribution in [0.1, 0.15) is 28.8 Å². The second kappa shape index (κ2) is 9.87. The molecule has 0 atom stereocenters. The smallest absolute Gasteiger partial charge is 0.309 e. The third kappa shape index (κ3) is 5.34. The minimum atomic E-state index is -0.661. The molecule has 0 saturated carbocycles. The van der Waals surface area contributed by atoms with Crippen LogP contribution in [0.15, 0.2) is 53.5 Å². The molecule has 3 amide bonds. The molecule has 1 saturated heterocycles. The van der Waals surface area contributed by atoms with Gasteiger partial charge in [-0.2, -0.15) is 0 Å². The Kier molecular flexibility index (Phi) is 7.00. The maximum absolute atomic E-state index is 12.6. The Morgan fingerprint density at radius 1 is 0.967 bits per heavy atom. The topological polar surface area (TPSA) is 101 Å². The van der Waals surface area contributed by atoms with Gasteiger partial charge in [-0.3, -0.25) is 19.2 Å². The van der Waals surface area contributed by atoms with E-state index in [0.717, 1.165) is 5.56 Å². The lowest BCUT2D eigenvalue weighted by molar-refractivity contribution is -0.139. The predicted octanol–water partition coefficient (Wildman–Crippen LogP) is 0.670. The molecule has 0 spiro atoms. The number of likely N-dealkylation sites (tertiary alicyclic amines) is 1.